The summed E-state index contributed by atoms with van der Waals surface area (Å²) in [6.45, 7) is 44.4. The van der Waals surface area contributed by atoms with E-state index in [4.69, 9.17) is 19.9 Å². The van der Waals surface area contributed by atoms with Crippen LogP contribution in [0.3, 0.4) is 0 Å². The monoisotopic (exact) mass is 1640 g/mol. The lowest BCUT2D eigenvalue weighted by Crippen LogP contribution is -2.32. The summed E-state index contributed by atoms with van der Waals surface area (Å²) in [7, 11) is 8.59. The highest BCUT2D eigenvalue weighted by molar-refractivity contribution is 5.93. The van der Waals surface area contributed by atoms with Crippen molar-refractivity contribution in [2.75, 3.05) is 0 Å². The van der Waals surface area contributed by atoms with E-state index < -0.39 is 0 Å². The van der Waals surface area contributed by atoms with E-state index in [1.165, 1.54) is 219 Å². The first-order valence-corrected chi connectivity index (χ1v) is 44.0. The molecule has 0 saturated heterocycles. The molecule has 16 aromatic rings. The molecule has 0 bridgehead atoms. The molecule has 8 aromatic carbocycles. The van der Waals surface area contributed by atoms with Crippen LogP contribution in [-0.2, 0) is 49.9 Å². The molecule has 0 aliphatic heterocycles. The highest BCUT2D eigenvalue weighted by Gasteiger charge is 2.46. The second kappa shape index (κ2) is 31.9. The third kappa shape index (κ3) is 14.5. The van der Waals surface area contributed by atoms with Crippen LogP contribution in [0, 0.1) is 88.9 Å². The van der Waals surface area contributed by atoms with Crippen LogP contribution >= 0.6 is 0 Å². The first kappa shape index (κ1) is 84.1. The smallest absolute Gasteiger partial charge is 0.213 e. The predicted molar refractivity (Wildman–Crippen MR) is 512 cm³/mol. The number of hydrogen-bond acceptors (Lipinski definition) is 4. The van der Waals surface area contributed by atoms with Gasteiger partial charge in [-0.2, -0.15) is 0 Å². The SMILES string of the molecule is Cc1ccc2c(n1)C(C)(C)c1c-2ccc(C)c1-c1cc(C)c(-c2ccc(F)cc2)c[n+]1C.Cc1ccc2c(n1)C(C)(C)c1c-2ccc(C)c1-c1cc(C)c(-c2ccccc2)c[n+]1C.Cc1ccc2c(n1)C(C)(C)c1c-2ccc(C)c1-c1cc(C)c(-c2ccccc2)c[n+]1C.Cc1ccc2c(n1)C(C)(C)c1c-2ccc(C)c1-c1cc(C)c(-c2ccccc2)c[n+]1C. The molecule has 4 aliphatic rings. The molecule has 0 fully saturated rings. The Hall–Kier alpha value is -13.1. The fourth-order valence-electron chi connectivity index (χ4n) is 20.8. The molecular weight excluding hydrogens is 1520 g/mol. The third-order valence-corrected chi connectivity index (χ3v) is 27.2. The van der Waals surface area contributed by atoms with E-state index in [0.717, 1.165) is 39.6 Å². The Bertz CT molecular complexity index is 6570. The summed E-state index contributed by atoms with van der Waals surface area (Å²) in [6.07, 6.45) is 8.98. The zero-order valence-corrected chi connectivity index (χ0v) is 77.3. The van der Waals surface area contributed by atoms with Crippen molar-refractivity contribution in [3.05, 3.63) is 380 Å². The number of halogens is 1. The van der Waals surface area contributed by atoms with Gasteiger partial charge in [0.1, 0.15) is 34.0 Å². The van der Waals surface area contributed by atoms with Gasteiger partial charge in [0, 0.05) is 113 Å². The molecule has 0 saturated carbocycles. The molecule has 8 nitrogen and oxygen atoms in total. The minimum atomic E-state index is -0.214. The molecule has 0 amide bonds. The highest BCUT2D eigenvalue weighted by Crippen LogP contribution is 2.57. The summed E-state index contributed by atoms with van der Waals surface area (Å²) in [5.74, 6) is -0.214. The summed E-state index contributed by atoms with van der Waals surface area (Å²) >= 11 is 0. The number of pyridine rings is 8. The Labute approximate surface area is 739 Å². The van der Waals surface area contributed by atoms with Crippen LogP contribution in [0.25, 0.3) is 134 Å². The normalized spacial score (nSPS) is 13.7. The van der Waals surface area contributed by atoms with Crippen LogP contribution in [0.4, 0.5) is 4.39 Å². The van der Waals surface area contributed by atoms with Gasteiger partial charge in [0.25, 0.3) is 0 Å². The molecule has 125 heavy (non-hydrogen) atoms. The Kier molecular flexibility index (Phi) is 21.5. The van der Waals surface area contributed by atoms with Gasteiger partial charge in [0.05, 0.1) is 45.0 Å². The Balaban J connectivity index is 0.000000118. The van der Waals surface area contributed by atoms with E-state index >= 15 is 0 Å². The zero-order valence-electron chi connectivity index (χ0n) is 77.3. The number of aromatic nitrogens is 8. The lowest BCUT2D eigenvalue weighted by molar-refractivity contribution is -0.660. The van der Waals surface area contributed by atoms with Crippen molar-refractivity contribution in [3.63, 3.8) is 0 Å². The molecule has 9 heteroatoms. The highest BCUT2D eigenvalue weighted by atomic mass is 19.1. The molecule has 0 unspecified atom stereocenters. The maximum absolute atomic E-state index is 13.4. The molecule has 8 aromatic heterocycles. The minimum absolute atomic E-state index is 0.142. The van der Waals surface area contributed by atoms with Crippen molar-refractivity contribution in [1.82, 2.24) is 19.9 Å². The number of aryl methyl sites for hydroxylation is 16. The van der Waals surface area contributed by atoms with Crippen molar-refractivity contribution in [1.29, 1.82) is 0 Å². The standard InChI is InChI=1S/C29H28FN2.3C29H29N2/c1-17-7-13-22-23-14-8-19(3)31-28(23)29(4,5)27(22)26(17)25-15-18(2)24(16-32(25)6)20-9-11-21(30)12-10-20;3*1-18-12-14-22-23-15-13-20(3)30-28(23)29(4,5)27(22)26(18)25-16-19(2)24(17-31(25)6)21-10-8-7-9-11-21/h7-16H,1-6H3;3*7-17H,1-6H3/q4*+1. The first-order chi connectivity index (χ1) is 59.5. The van der Waals surface area contributed by atoms with E-state index in [9.17, 15) is 4.39 Å². The fraction of sp³-hybridized carbons (Fsp3) is 0.241. The lowest BCUT2D eigenvalue weighted by atomic mass is 9.79. The maximum Gasteiger partial charge on any atom is 0.213 e. The molecule has 622 valence electrons. The molecule has 0 atom stereocenters. The quantitative estimate of drug-likeness (QED) is 0.142. The fourth-order valence-corrected chi connectivity index (χ4v) is 20.8. The molecule has 0 radical (unpaired) electrons. The van der Waals surface area contributed by atoms with Crippen molar-refractivity contribution >= 4 is 0 Å². The number of hydrogen-bond donors (Lipinski definition) is 0. The van der Waals surface area contributed by atoms with E-state index in [0.29, 0.717) is 0 Å². The van der Waals surface area contributed by atoms with Crippen LogP contribution in [0.2, 0.25) is 0 Å². The summed E-state index contributed by atoms with van der Waals surface area (Å²) in [5, 5.41) is 0. The Morgan fingerprint density at radius 1 is 0.216 bits per heavy atom. The average Bonchev–Trinajstić information content (AvgIpc) is 1.58. The van der Waals surface area contributed by atoms with Crippen LogP contribution in [0.1, 0.15) is 168 Å². The van der Waals surface area contributed by atoms with Crippen molar-refractivity contribution in [2.45, 2.75) is 160 Å². The summed E-state index contributed by atoms with van der Waals surface area (Å²) in [5.41, 5.74) is 54.3. The van der Waals surface area contributed by atoms with Crippen LogP contribution in [-0.4, -0.2) is 19.9 Å². The first-order valence-electron chi connectivity index (χ1n) is 44.0. The molecular formula is C116H115FN8+4. The van der Waals surface area contributed by atoms with Gasteiger partial charge in [-0.3, -0.25) is 19.9 Å². The van der Waals surface area contributed by atoms with Gasteiger partial charge in [-0.05, 0) is 231 Å². The number of nitrogens with zero attached hydrogens (tertiary/aromatic N) is 8. The second-order valence-corrected chi connectivity index (χ2v) is 37.7. The van der Waals surface area contributed by atoms with Crippen molar-refractivity contribution < 1.29 is 22.7 Å². The van der Waals surface area contributed by atoms with Crippen molar-refractivity contribution in [3.8, 4) is 134 Å². The van der Waals surface area contributed by atoms with Gasteiger partial charge in [-0.1, -0.05) is 231 Å². The van der Waals surface area contributed by atoms with Gasteiger partial charge >= 0.3 is 0 Å². The summed E-state index contributed by atoms with van der Waals surface area (Å²) < 4.78 is 22.5. The van der Waals surface area contributed by atoms with Gasteiger partial charge in [0.2, 0.25) is 22.8 Å². The van der Waals surface area contributed by atoms with Crippen LogP contribution < -0.4 is 18.3 Å². The minimum Gasteiger partial charge on any atom is -0.257 e. The van der Waals surface area contributed by atoms with E-state index in [1.54, 1.807) is 0 Å². The molecule has 0 spiro atoms. The Morgan fingerprint density at radius 3 is 0.632 bits per heavy atom. The molecule has 4 aliphatic carbocycles. The number of benzene rings is 8. The second-order valence-electron chi connectivity index (χ2n) is 37.7. The van der Waals surface area contributed by atoms with Gasteiger partial charge < -0.3 is 0 Å². The lowest BCUT2D eigenvalue weighted by Gasteiger charge is -2.24. The van der Waals surface area contributed by atoms with Gasteiger partial charge in [-0.15, -0.1) is 0 Å². The largest absolute Gasteiger partial charge is 0.257 e. The summed E-state index contributed by atoms with van der Waals surface area (Å²) in [4.78, 5) is 19.9. The molecule has 20 rings (SSSR count). The number of rotatable bonds is 8. The van der Waals surface area contributed by atoms with Gasteiger partial charge in [0.15, 0.2) is 24.8 Å². The van der Waals surface area contributed by atoms with Gasteiger partial charge in [-0.25, -0.2) is 22.7 Å². The zero-order chi connectivity index (χ0) is 88.5. The summed E-state index contributed by atoms with van der Waals surface area (Å²) in [6, 6.07) is 83.5. The van der Waals surface area contributed by atoms with E-state index in [2.05, 4.69) is 422 Å². The number of fused-ring (bicyclic) bond motifs is 12. The van der Waals surface area contributed by atoms with E-state index in [1.807, 2.05) is 12.1 Å². The van der Waals surface area contributed by atoms with Crippen molar-refractivity contribution in [2.24, 2.45) is 28.2 Å². The third-order valence-electron chi connectivity index (χ3n) is 27.2. The maximum atomic E-state index is 13.4. The van der Waals surface area contributed by atoms with Crippen LogP contribution in [0.5, 0.6) is 0 Å². The van der Waals surface area contributed by atoms with E-state index in [-0.39, 0.29) is 27.5 Å². The topological polar surface area (TPSA) is 67.1 Å². The average molecular weight is 1640 g/mol. The Morgan fingerprint density at radius 2 is 0.416 bits per heavy atom. The molecule has 8 heterocycles. The van der Waals surface area contributed by atoms with Crippen LogP contribution in [0.15, 0.2) is 261 Å². The predicted octanol–water partition coefficient (Wildman–Crippen LogP) is 26.0. The molecule has 0 N–H and O–H groups in total.